The van der Waals surface area contributed by atoms with Crippen LogP contribution in [0.15, 0.2) is 20.1 Å². The number of rotatable bonds is 2. The molecule has 0 bridgehead atoms. The van der Waals surface area contributed by atoms with Crippen LogP contribution in [0.25, 0.3) is 0 Å². The lowest BCUT2D eigenvalue weighted by Gasteiger charge is -2.21. The monoisotopic (exact) mass is 353 g/mol. The van der Waals surface area contributed by atoms with Crippen molar-refractivity contribution in [1.29, 1.82) is 0 Å². The molecule has 7 heteroatoms. The van der Waals surface area contributed by atoms with Crippen LogP contribution >= 0.6 is 27.3 Å². The Morgan fingerprint density at radius 2 is 2.17 bits per heavy atom. The molecule has 0 spiro atoms. The minimum absolute atomic E-state index is 0.351. The van der Waals surface area contributed by atoms with Gasteiger partial charge in [0.1, 0.15) is 4.21 Å². The summed E-state index contributed by atoms with van der Waals surface area (Å²) < 4.78 is 27.4. The zero-order valence-electron chi connectivity index (χ0n) is 10.1. The molecule has 1 aromatic heterocycles. The maximum atomic E-state index is 12.5. The first kappa shape index (κ1) is 14.5. The molecule has 4 nitrogen and oxygen atoms in total. The van der Waals surface area contributed by atoms with Gasteiger partial charge in [0.05, 0.1) is 5.60 Å². The van der Waals surface area contributed by atoms with Gasteiger partial charge in [-0.1, -0.05) is 0 Å². The molecule has 1 unspecified atom stereocenters. The molecule has 18 heavy (non-hydrogen) atoms. The average Bonchev–Trinajstić information content (AvgIpc) is 2.60. The van der Waals surface area contributed by atoms with Gasteiger partial charge in [-0.2, -0.15) is 4.31 Å². The highest BCUT2D eigenvalue weighted by Gasteiger charge is 2.32. The van der Waals surface area contributed by atoms with Gasteiger partial charge < -0.3 is 5.11 Å². The quantitative estimate of drug-likeness (QED) is 0.888. The molecule has 0 aromatic carbocycles. The molecule has 0 aliphatic carbocycles. The maximum absolute atomic E-state index is 12.5. The zero-order valence-corrected chi connectivity index (χ0v) is 13.3. The molecule has 0 saturated carbocycles. The summed E-state index contributed by atoms with van der Waals surface area (Å²) in [7, 11) is -3.43. The van der Waals surface area contributed by atoms with E-state index in [0.717, 1.165) is 0 Å². The molecule has 1 fully saturated rings. The summed E-state index contributed by atoms with van der Waals surface area (Å²) in [5.41, 5.74) is -0.753. The smallest absolute Gasteiger partial charge is 0.253 e. The highest BCUT2D eigenvalue weighted by Crippen LogP contribution is 2.32. The van der Waals surface area contributed by atoms with E-state index in [9.17, 15) is 13.5 Å². The van der Waals surface area contributed by atoms with E-state index in [1.807, 2.05) is 0 Å². The highest BCUT2D eigenvalue weighted by atomic mass is 79.9. The van der Waals surface area contributed by atoms with Crippen molar-refractivity contribution in [3.8, 4) is 0 Å². The van der Waals surface area contributed by atoms with Crippen LogP contribution < -0.4 is 0 Å². The molecule has 1 aromatic rings. The van der Waals surface area contributed by atoms with Crippen LogP contribution in [0, 0.1) is 0 Å². The Hall–Kier alpha value is 0.0500. The molecular weight excluding hydrogens is 338 g/mol. The average molecular weight is 354 g/mol. The maximum Gasteiger partial charge on any atom is 0.253 e. The second-order valence-corrected chi connectivity index (χ2v) is 8.71. The van der Waals surface area contributed by atoms with E-state index in [2.05, 4.69) is 15.9 Å². The van der Waals surface area contributed by atoms with Crippen LogP contribution in [-0.4, -0.2) is 36.5 Å². The first-order valence-electron chi connectivity index (χ1n) is 5.78. The van der Waals surface area contributed by atoms with Gasteiger partial charge in [0.15, 0.2) is 0 Å². The summed E-state index contributed by atoms with van der Waals surface area (Å²) in [5.74, 6) is 0. The molecule has 0 amide bonds. The van der Waals surface area contributed by atoms with Crippen molar-refractivity contribution < 1.29 is 13.5 Å². The summed E-state index contributed by atoms with van der Waals surface area (Å²) in [4.78, 5) is 0. The van der Waals surface area contributed by atoms with Crippen LogP contribution in [-0.2, 0) is 10.0 Å². The Morgan fingerprint density at radius 3 is 2.78 bits per heavy atom. The summed E-state index contributed by atoms with van der Waals surface area (Å²) in [6.45, 7) is 2.62. The van der Waals surface area contributed by atoms with E-state index in [-0.39, 0.29) is 0 Å². The van der Waals surface area contributed by atoms with Crippen LogP contribution in [0.5, 0.6) is 0 Å². The number of hydrogen-bond acceptors (Lipinski definition) is 4. The molecule has 1 saturated heterocycles. The van der Waals surface area contributed by atoms with Gasteiger partial charge in [-0.05, 0) is 53.6 Å². The molecule has 1 atom stereocenters. The van der Waals surface area contributed by atoms with Gasteiger partial charge in [-0.25, -0.2) is 8.42 Å². The summed E-state index contributed by atoms with van der Waals surface area (Å²) in [6.07, 6.45) is 1.81. The molecule has 1 aliphatic heterocycles. The SMILES string of the molecule is CC1(O)CCCN(S(=O)(=O)c2sccc2Br)CC1. The standard InChI is InChI=1S/C11H16BrNO3S2/c1-11(14)4-2-6-13(7-5-11)18(15,16)10-9(12)3-8-17-10/h3,8,14H,2,4-7H2,1H3. The van der Waals surface area contributed by atoms with Crippen molar-refractivity contribution in [2.75, 3.05) is 13.1 Å². The molecule has 102 valence electrons. The second kappa shape index (κ2) is 5.20. The van der Waals surface area contributed by atoms with Crippen molar-refractivity contribution in [3.63, 3.8) is 0 Å². The van der Waals surface area contributed by atoms with Crippen LogP contribution in [0.1, 0.15) is 26.2 Å². The minimum Gasteiger partial charge on any atom is -0.390 e. The van der Waals surface area contributed by atoms with Gasteiger partial charge >= 0.3 is 0 Å². The van der Waals surface area contributed by atoms with Crippen LogP contribution in [0.2, 0.25) is 0 Å². The molecular formula is C11H16BrNO3S2. The Labute approximate surface area is 120 Å². The predicted molar refractivity (Wildman–Crippen MR) is 75.3 cm³/mol. The Balaban J connectivity index is 2.24. The lowest BCUT2D eigenvalue weighted by atomic mass is 9.98. The Morgan fingerprint density at radius 1 is 1.44 bits per heavy atom. The zero-order chi connectivity index (χ0) is 13.4. The normalized spacial score (nSPS) is 27.1. The first-order chi connectivity index (χ1) is 8.33. The molecule has 1 N–H and O–H groups in total. The van der Waals surface area contributed by atoms with Gasteiger partial charge in [0, 0.05) is 17.6 Å². The second-order valence-electron chi connectivity index (χ2n) is 4.81. The fourth-order valence-corrected chi connectivity index (χ4v) is 5.99. The molecule has 2 heterocycles. The lowest BCUT2D eigenvalue weighted by molar-refractivity contribution is 0.0465. The van der Waals surface area contributed by atoms with Crippen LogP contribution in [0.4, 0.5) is 0 Å². The van der Waals surface area contributed by atoms with Crippen molar-refractivity contribution in [2.24, 2.45) is 0 Å². The van der Waals surface area contributed by atoms with Gasteiger partial charge in [0.25, 0.3) is 10.0 Å². The topological polar surface area (TPSA) is 57.6 Å². The fraction of sp³-hybridized carbons (Fsp3) is 0.636. The molecule has 2 rings (SSSR count). The lowest BCUT2D eigenvalue weighted by Crippen LogP contribution is -2.33. The number of aliphatic hydroxyl groups is 1. The third-order valence-corrected chi connectivity index (χ3v) is 7.73. The minimum atomic E-state index is -3.43. The van der Waals surface area contributed by atoms with E-state index in [0.29, 0.717) is 41.0 Å². The number of thiophene rings is 1. The third-order valence-electron chi connectivity index (χ3n) is 3.18. The predicted octanol–water partition coefficient (Wildman–Crippen LogP) is 2.44. The van der Waals surface area contributed by atoms with E-state index < -0.39 is 15.6 Å². The number of hydrogen-bond donors (Lipinski definition) is 1. The number of halogens is 1. The van der Waals surface area contributed by atoms with Crippen molar-refractivity contribution in [2.45, 2.75) is 36.0 Å². The van der Waals surface area contributed by atoms with Gasteiger partial charge in [-0.3, -0.25) is 0 Å². The van der Waals surface area contributed by atoms with Crippen molar-refractivity contribution in [3.05, 3.63) is 15.9 Å². The van der Waals surface area contributed by atoms with Crippen LogP contribution in [0.3, 0.4) is 0 Å². The van der Waals surface area contributed by atoms with Crippen molar-refractivity contribution in [1.82, 2.24) is 4.31 Å². The fourth-order valence-electron chi connectivity index (χ4n) is 2.06. The molecule has 1 aliphatic rings. The van der Waals surface area contributed by atoms with E-state index in [4.69, 9.17) is 0 Å². The van der Waals surface area contributed by atoms with Gasteiger partial charge in [-0.15, -0.1) is 11.3 Å². The summed E-state index contributed by atoms with van der Waals surface area (Å²) in [6, 6.07) is 1.74. The van der Waals surface area contributed by atoms with E-state index >= 15 is 0 Å². The summed E-state index contributed by atoms with van der Waals surface area (Å²) >= 11 is 4.48. The van der Waals surface area contributed by atoms with E-state index in [1.54, 1.807) is 18.4 Å². The van der Waals surface area contributed by atoms with Gasteiger partial charge in [0.2, 0.25) is 0 Å². The molecule has 0 radical (unpaired) electrons. The Bertz CT molecular complexity index is 524. The highest BCUT2D eigenvalue weighted by molar-refractivity contribution is 9.10. The summed E-state index contributed by atoms with van der Waals surface area (Å²) in [5, 5.41) is 11.7. The number of nitrogens with zero attached hydrogens (tertiary/aromatic N) is 1. The largest absolute Gasteiger partial charge is 0.390 e. The Kier molecular flexibility index (Phi) is 4.18. The van der Waals surface area contributed by atoms with Crippen molar-refractivity contribution >= 4 is 37.3 Å². The first-order valence-corrected chi connectivity index (χ1v) is 8.90. The van der Waals surface area contributed by atoms with E-state index in [1.165, 1.54) is 15.6 Å². The number of sulfonamides is 1. The third kappa shape index (κ3) is 2.96.